The molecule has 1 aromatic carbocycles. The number of benzene rings is 1. The van der Waals surface area contributed by atoms with E-state index < -0.39 is 0 Å². The molecule has 1 unspecified atom stereocenters. The number of rotatable bonds is 7. The highest BCUT2D eigenvalue weighted by atomic mass is 16.2. The summed E-state index contributed by atoms with van der Waals surface area (Å²) in [6.07, 6.45) is 4.29. The van der Waals surface area contributed by atoms with Crippen molar-refractivity contribution in [1.29, 1.82) is 0 Å². The normalized spacial score (nSPS) is 12.4. The molecule has 0 saturated carbocycles. The Hall–Kier alpha value is -2.20. The molecular weight excluding hydrogens is 298 g/mol. The van der Waals surface area contributed by atoms with Gasteiger partial charge in [0.15, 0.2) is 0 Å². The lowest BCUT2D eigenvalue weighted by Gasteiger charge is -2.33. The number of nitrogens with zero attached hydrogens (tertiary/aromatic N) is 3. The van der Waals surface area contributed by atoms with Gasteiger partial charge in [0, 0.05) is 25.0 Å². The van der Waals surface area contributed by atoms with E-state index in [1.165, 1.54) is 5.56 Å². The molecule has 128 valence electrons. The van der Waals surface area contributed by atoms with Gasteiger partial charge in [-0.2, -0.15) is 0 Å². The van der Waals surface area contributed by atoms with Gasteiger partial charge in [0.2, 0.25) is 5.91 Å². The predicted octanol–water partition coefficient (Wildman–Crippen LogP) is 2.99. The summed E-state index contributed by atoms with van der Waals surface area (Å²) < 4.78 is 0. The van der Waals surface area contributed by atoms with Crippen molar-refractivity contribution in [3.05, 3.63) is 66.0 Å². The quantitative estimate of drug-likeness (QED) is 0.785. The first kappa shape index (κ1) is 18.1. The van der Waals surface area contributed by atoms with Crippen LogP contribution in [0.25, 0.3) is 0 Å². The third kappa shape index (κ3) is 4.90. The Kier molecular flexibility index (Phi) is 6.50. The molecule has 2 rings (SSSR count). The van der Waals surface area contributed by atoms with Crippen molar-refractivity contribution in [2.45, 2.75) is 38.9 Å². The Bertz CT molecular complexity index is 570. The molecule has 4 heteroatoms. The summed E-state index contributed by atoms with van der Waals surface area (Å²) in [5.41, 5.74) is 2.23. The summed E-state index contributed by atoms with van der Waals surface area (Å²) in [4.78, 5) is 21.3. The van der Waals surface area contributed by atoms with E-state index in [4.69, 9.17) is 0 Å². The van der Waals surface area contributed by atoms with E-state index in [9.17, 15) is 4.79 Å². The lowest BCUT2D eigenvalue weighted by atomic mass is 10.0. The molecule has 4 nitrogen and oxygen atoms in total. The standard InChI is InChI=1S/C20H27N3O/c1-16(2)23(15-18-11-8-12-21-14-18)20(24)19(22(3)4)13-17-9-6-5-7-10-17/h5-12,14,16,19H,13,15H2,1-4H3. The fraction of sp³-hybridized carbons (Fsp3) is 0.400. The van der Waals surface area contributed by atoms with Crippen molar-refractivity contribution >= 4 is 5.91 Å². The molecule has 24 heavy (non-hydrogen) atoms. The number of carbonyl (C=O) groups is 1. The summed E-state index contributed by atoms with van der Waals surface area (Å²) in [7, 11) is 3.93. The van der Waals surface area contributed by atoms with Gasteiger partial charge in [0.1, 0.15) is 0 Å². The van der Waals surface area contributed by atoms with Crippen LogP contribution in [-0.4, -0.2) is 46.9 Å². The Morgan fingerprint density at radius 2 is 1.71 bits per heavy atom. The predicted molar refractivity (Wildman–Crippen MR) is 97.5 cm³/mol. The molecule has 1 atom stereocenters. The number of amides is 1. The average molecular weight is 325 g/mol. The fourth-order valence-electron chi connectivity index (χ4n) is 2.72. The van der Waals surface area contributed by atoms with Gasteiger partial charge >= 0.3 is 0 Å². The molecule has 0 saturated heterocycles. The van der Waals surface area contributed by atoms with Gasteiger partial charge in [-0.05, 0) is 51.6 Å². The Labute approximate surface area is 145 Å². The van der Waals surface area contributed by atoms with Crippen LogP contribution in [0, 0.1) is 0 Å². The molecule has 1 heterocycles. The van der Waals surface area contributed by atoms with Crippen LogP contribution in [0.15, 0.2) is 54.9 Å². The van der Waals surface area contributed by atoms with E-state index in [0.29, 0.717) is 13.0 Å². The van der Waals surface area contributed by atoms with Crippen LogP contribution in [-0.2, 0) is 17.8 Å². The first-order valence-electron chi connectivity index (χ1n) is 8.38. The number of hydrogen-bond acceptors (Lipinski definition) is 3. The monoisotopic (exact) mass is 325 g/mol. The molecule has 0 fully saturated rings. The summed E-state index contributed by atoms with van der Waals surface area (Å²) in [5, 5.41) is 0. The zero-order chi connectivity index (χ0) is 17.5. The van der Waals surface area contributed by atoms with E-state index in [0.717, 1.165) is 5.56 Å². The van der Waals surface area contributed by atoms with E-state index in [1.54, 1.807) is 6.20 Å². The molecule has 0 bridgehead atoms. The Morgan fingerprint density at radius 1 is 1.04 bits per heavy atom. The van der Waals surface area contributed by atoms with Crippen molar-refractivity contribution in [3.8, 4) is 0 Å². The molecule has 0 radical (unpaired) electrons. The number of carbonyl (C=O) groups excluding carboxylic acids is 1. The van der Waals surface area contributed by atoms with Gasteiger partial charge < -0.3 is 4.90 Å². The molecule has 2 aromatic rings. The van der Waals surface area contributed by atoms with Gasteiger partial charge in [-0.15, -0.1) is 0 Å². The van der Waals surface area contributed by atoms with Crippen molar-refractivity contribution in [1.82, 2.24) is 14.8 Å². The summed E-state index contributed by atoms with van der Waals surface area (Å²) in [6.45, 7) is 4.70. The van der Waals surface area contributed by atoms with Crippen molar-refractivity contribution < 1.29 is 4.79 Å². The minimum atomic E-state index is -0.175. The van der Waals surface area contributed by atoms with E-state index in [-0.39, 0.29) is 18.0 Å². The minimum Gasteiger partial charge on any atom is -0.335 e. The number of likely N-dealkylation sites (N-methyl/N-ethyl adjacent to an activating group) is 1. The first-order chi connectivity index (χ1) is 11.5. The smallest absolute Gasteiger partial charge is 0.240 e. The van der Waals surface area contributed by atoms with Gasteiger partial charge in [0.25, 0.3) is 0 Å². The van der Waals surface area contributed by atoms with Gasteiger partial charge in [0.05, 0.1) is 6.04 Å². The van der Waals surface area contributed by atoms with Gasteiger partial charge in [-0.3, -0.25) is 14.7 Å². The summed E-state index contributed by atoms with van der Waals surface area (Å²) >= 11 is 0. The molecule has 1 amide bonds. The average Bonchev–Trinajstić information content (AvgIpc) is 2.58. The molecule has 0 N–H and O–H groups in total. The largest absolute Gasteiger partial charge is 0.335 e. The van der Waals surface area contributed by atoms with Crippen LogP contribution < -0.4 is 0 Å². The molecule has 0 aliphatic carbocycles. The van der Waals surface area contributed by atoms with Crippen LogP contribution in [0.4, 0.5) is 0 Å². The maximum Gasteiger partial charge on any atom is 0.240 e. The zero-order valence-corrected chi connectivity index (χ0v) is 15.0. The highest BCUT2D eigenvalue weighted by Gasteiger charge is 2.28. The van der Waals surface area contributed by atoms with Gasteiger partial charge in [-0.25, -0.2) is 0 Å². The maximum absolute atomic E-state index is 13.2. The second-order valence-electron chi connectivity index (χ2n) is 6.59. The van der Waals surface area contributed by atoms with E-state index >= 15 is 0 Å². The van der Waals surface area contributed by atoms with Gasteiger partial charge in [-0.1, -0.05) is 36.4 Å². The highest BCUT2D eigenvalue weighted by Crippen LogP contribution is 2.14. The molecule has 0 aliphatic rings. The summed E-state index contributed by atoms with van der Waals surface area (Å²) in [5.74, 6) is 0.155. The Morgan fingerprint density at radius 3 is 2.25 bits per heavy atom. The molecule has 0 spiro atoms. The Balaban J connectivity index is 2.18. The van der Waals surface area contributed by atoms with Crippen molar-refractivity contribution in [3.63, 3.8) is 0 Å². The maximum atomic E-state index is 13.2. The third-order valence-corrected chi connectivity index (χ3v) is 4.16. The molecule has 0 aliphatic heterocycles. The SMILES string of the molecule is CC(C)N(Cc1cccnc1)C(=O)C(Cc1ccccc1)N(C)C. The van der Waals surface area contributed by atoms with Crippen LogP contribution in [0.1, 0.15) is 25.0 Å². The number of aromatic nitrogens is 1. The molecular formula is C20H27N3O. The van der Waals surface area contributed by atoms with E-state index in [1.807, 2.05) is 60.4 Å². The lowest BCUT2D eigenvalue weighted by molar-refractivity contribution is -0.138. The van der Waals surface area contributed by atoms with Crippen LogP contribution in [0.2, 0.25) is 0 Å². The second-order valence-corrected chi connectivity index (χ2v) is 6.59. The second kappa shape index (κ2) is 8.60. The summed E-state index contributed by atoms with van der Waals surface area (Å²) in [6, 6.07) is 14.1. The minimum absolute atomic E-state index is 0.135. The first-order valence-corrected chi connectivity index (χ1v) is 8.38. The van der Waals surface area contributed by atoms with Crippen molar-refractivity contribution in [2.75, 3.05) is 14.1 Å². The molecule has 1 aromatic heterocycles. The number of pyridine rings is 1. The fourth-order valence-corrected chi connectivity index (χ4v) is 2.72. The number of hydrogen-bond donors (Lipinski definition) is 0. The van der Waals surface area contributed by atoms with E-state index in [2.05, 4.69) is 31.0 Å². The van der Waals surface area contributed by atoms with Crippen molar-refractivity contribution in [2.24, 2.45) is 0 Å². The third-order valence-electron chi connectivity index (χ3n) is 4.16. The lowest BCUT2D eigenvalue weighted by Crippen LogP contribution is -2.49. The van der Waals surface area contributed by atoms with Crippen LogP contribution in [0.3, 0.4) is 0 Å². The topological polar surface area (TPSA) is 36.4 Å². The zero-order valence-electron chi connectivity index (χ0n) is 15.0. The van der Waals surface area contributed by atoms with Crippen LogP contribution >= 0.6 is 0 Å². The van der Waals surface area contributed by atoms with Crippen LogP contribution in [0.5, 0.6) is 0 Å². The highest BCUT2D eigenvalue weighted by molar-refractivity contribution is 5.82.